The van der Waals surface area contributed by atoms with Gasteiger partial charge < -0.3 is 5.73 Å². The molecule has 0 saturated carbocycles. The standard InChI is InChI=1S/C20H17F3N4/c21-20(22,23)15-10-14(9-13-7-4-8-25-17(13)15)18-19(27-16(24)11-26-18)12-5-2-1-3-6-12/h1-8,11,14-15H,9-10H2,(H2,24,27). The van der Waals surface area contributed by atoms with Crippen molar-refractivity contribution in [3.8, 4) is 11.3 Å². The molecule has 7 heteroatoms. The van der Waals surface area contributed by atoms with Gasteiger partial charge in [-0.1, -0.05) is 36.4 Å². The molecule has 0 amide bonds. The summed E-state index contributed by atoms with van der Waals surface area (Å²) in [6.07, 6.45) is -1.21. The van der Waals surface area contributed by atoms with E-state index in [4.69, 9.17) is 5.73 Å². The van der Waals surface area contributed by atoms with Gasteiger partial charge in [-0.05, 0) is 24.5 Å². The fraction of sp³-hybridized carbons (Fsp3) is 0.250. The Morgan fingerprint density at radius 2 is 1.74 bits per heavy atom. The van der Waals surface area contributed by atoms with Crippen LogP contribution in [0.4, 0.5) is 19.0 Å². The Morgan fingerprint density at radius 1 is 0.963 bits per heavy atom. The average molecular weight is 370 g/mol. The van der Waals surface area contributed by atoms with E-state index >= 15 is 0 Å². The molecule has 0 fully saturated rings. The number of alkyl halides is 3. The predicted molar refractivity (Wildman–Crippen MR) is 96.0 cm³/mol. The van der Waals surface area contributed by atoms with Gasteiger partial charge in [0.25, 0.3) is 0 Å². The zero-order chi connectivity index (χ0) is 19.0. The number of nitrogens with zero attached hydrogens (tertiary/aromatic N) is 3. The normalized spacial score (nSPS) is 19.5. The molecule has 0 spiro atoms. The number of benzene rings is 1. The van der Waals surface area contributed by atoms with E-state index in [1.165, 1.54) is 12.4 Å². The molecule has 2 unspecified atom stereocenters. The maximum Gasteiger partial charge on any atom is 0.397 e. The van der Waals surface area contributed by atoms with Crippen LogP contribution < -0.4 is 5.73 Å². The second kappa shape index (κ2) is 6.64. The van der Waals surface area contributed by atoms with Crippen molar-refractivity contribution in [1.29, 1.82) is 0 Å². The number of aromatic nitrogens is 3. The van der Waals surface area contributed by atoms with E-state index in [1.54, 1.807) is 12.1 Å². The lowest BCUT2D eigenvalue weighted by atomic mass is 9.77. The minimum Gasteiger partial charge on any atom is -0.382 e. The molecule has 0 bridgehead atoms. The lowest BCUT2D eigenvalue weighted by Gasteiger charge is -2.32. The highest BCUT2D eigenvalue weighted by atomic mass is 19.4. The Balaban J connectivity index is 1.81. The fourth-order valence-electron chi connectivity index (χ4n) is 3.70. The molecule has 1 aromatic carbocycles. The Morgan fingerprint density at radius 3 is 2.48 bits per heavy atom. The van der Waals surface area contributed by atoms with Crippen LogP contribution in [0.3, 0.4) is 0 Å². The van der Waals surface area contributed by atoms with Crippen LogP contribution in [0.15, 0.2) is 54.9 Å². The van der Waals surface area contributed by atoms with Crippen LogP contribution in [0.5, 0.6) is 0 Å². The summed E-state index contributed by atoms with van der Waals surface area (Å²) in [5.41, 5.74) is 8.39. The third kappa shape index (κ3) is 3.37. The molecule has 0 saturated heterocycles. The van der Waals surface area contributed by atoms with Crippen LogP contribution in [-0.4, -0.2) is 21.1 Å². The quantitative estimate of drug-likeness (QED) is 0.722. The molecule has 3 aromatic rings. The summed E-state index contributed by atoms with van der Waals surface area (Å²) >= 11 is 0. The number of halogens is 3. The van der Waals surface area contributed by atoms with Crippen LogP contribution in [0.2, 0.25) is 0 Å². The van der Waals surface area contributed by atoms with Gasteiger partial charge in [0.1, 0.15) is 5.82 Å². The van der Waals surface area contributed by atoms with Gasteiger partial charge in [-0.15, -0.1) is 0 Å². The molecule has 0 aliphatic heterocycles. The minimum absolute atomic E-state index is 0.105. The topological polar surface area (TPSA) is 64.7 Å². The summed E-state index contributed by atoms with van der Waals surface area (Å²) in [4.78, 5) is 12.8. The highest BCUT2D eigenvalue weighted by Crippen LogP contribution is 2.47. The molecule has 2 N–H and O–H groups in total. The third-order valence-corrected chi connectivity index (χ3v) is 4.89. The Labute approximate surface area is 154 Å². The molecule has 2 aromatic heterocycles. The molecule has 1 aliphatic rings. The monoisotopic (exact) mass is 370 g/mol. The molecule has 0 radical (unpaired) electrons. The van der Waals surface area contributed by atoms with Crippen LogP contribution in [-0.2, 0) is 6.42 Å². The zero-order valence-corrected chi connectivity index (χ0v) is 14.3. The van der Waals surface area contributed by atoms with E-state index in [0.717, 1.165) is 5.56 Å². The Hall–Kier alpha value is -2.96. The first-order valence-electron chi connectivity index (χ1n) is 8.62. The lowest BCUT2D eigenvalue weighted by Crippen LogP contribution is -2.30. The van der Waals surface area contributed by atoms with Crippen LogP contribution in [0.25, 0.3) is 11.3 Å². The highest BCUT2D eigenvalue weighted by molar-refractivity contribution is 5.64. The molecule has 138 valence electrons. The van der Waals surface area contributed by atoms with E-state index in [-0.39, 0.29) is 17.9 Å². The molecule has 2 heterocycles. The van der Waals surface area contributed by atoms with Gasteiger partial charge in [0, 0.05) is 17.7 Å². The predicted octanol–water partition coefficient (Wildman–Crippen LogP) is 4.50. The Kier molecular flexibility index (Phi) is 4.30. The van der Waals surface area contributed by atoms with Crippen molar-refractivity contribution >= 4 is 5.82 Å². The highest BCUT2D eigenvalue weighted by Gasteiger charge is 2.46. The number of fused-ring (bicyclic) bond motifs is 1. The summed E-state index contributed by atoms with van der Waals surface area (Å²) in [7, 11) is 0. The van der Waals surface area contributed by atoms with Crippen LogP contribution >= 0.6 is 0 Å². The first-order valence-corrected chi connectivity index (χ1v) is 8.62. The van der Waals surface area contributed by atoms with Gasteiger partial charge in [-0.25, -0.2) is 4.98 Å². The molecule has 27 heavy (non-hydrogen) atoms. The SMILES string of the molecule is Nc1cnc(C2Cc3cccnc3C(C(F)(F)F)C2)c(-c2ccccc2)n1. The van der Waals surface area contributed by atoms with Gasteiger partial charge in [-0.3, -0.25) is 9.97 Å². The summed E-state index contributed by atoms with van der Waals surface area (Å²) in [5.74, 6) is -1.80. The number of anilines is 1. The average Bonchev–Trinajstić information content (AvgIpc) is 2.67. The van der Waals surface area contributed by atoms with Crippen molar-refractivity contribution < 1.29 is 13.2 Å². The van der Waals surface area contributed by atoms with Crippen molar-refractivity contribution in [3.63, 3.8) is 0 Å². The van der Waals surface area contributed by atoms with E-state index in [2.05, 4.69) is 15.0 Å². The largest absolute Gasteiger partial charge is 0.397 e. The third-order valence-electron chi connectivity index (χ3n) is 4.89. The van der Waals surface area contributed by atoms with Gasteiger partial charge in [0.2, 0.25) is 0 Å². The zero-order valence-electron chi connectivity index (χ0n) is 14.3. The second-order valence-electron chi connectivity index (χ2n) is 6.67. The number of nitrogen functional groups attached to an aromatic ring is 1. The van der Waals surface area contributed by atoms with Gasteiger partial charge in [0.05, 0.1) is 29.2 Å². The van der Waals surface area contributed by atoms with Crippen molar-refractivity contribution in [2.75, 3.05) is 5.73 Å². The molecule has 1 aliphatic carbocycles. The number of rotatable bonds is 2. The summed E-state index contributed by atoms with van der Waals surface area (Å²) < 4.78 is 41.1. The first kappa shape index (κ1) is 17.5. The van der Waals surface area contributed by atoms with Gasteiger partial charge in [0.15, 0.2) is 0 Å². The molecule has 4 rings (SSSR count). The Bertz CT molecular complexity index is 957. The van der Waals surface area contributed by atoms with Crippen LogP contribution in [0, 0.1) is 0 Å². The van der Waals surface area contributed by atoms with Gasteiger partial charge >= 0.3 is 6.18 Å². The van der Waals surface area contributed by atoms with E-state index in [0.29, 0.717) is 23.4 Å². The van der Waals surface area contributed by atoms with E-state index < -0.39 is 18.0 Å². The lowest BCUT2D eigenvalue weighted by molar-refractivity contribution is -0.155. The van der Waals surface area contributed by atoms with Crippen molar-refractivity contribution in [2.24, 2.45) is 0 Å². The number of hydrogen-bond acceptors (Lipinski definition) is 4. The van der Waals surface area contributed by atoms with E-state index in [9.17, 15) is 13.2 Å². The fourth-order valence-corrected chi connectivity index (χ4v) is 3.70. The maximum absolute atomic E-state index is 13.7. The molecular formula is C20H17F3N4. The molecule has 4 nitrogen and oxygen atoms in total. The summed E-state index contributed by atoms with van der Waals surface area (Å²) in [5, 5.41) is 0. The van der Waals surface area contributed by atoms with Gasteiger partial charge in [-0.2, -0.15) is 13.2 Å². The number of nitrogens with two attached hydrogens (primary N) is 1. The molecular weight excluding hydrogens is 353 g/mol. The number of hydrogen-bond donors (Lipinski definition) is 1. The molecule has 2 atom stereocenters. The second-order valence-corrected chi connectivity index (χ2v) is 6.67. The minimum atomic E-state index is -4.37. The maximum atomic E-state index is 13.7. The summed E-state index contributed by atoms with van der Waals surface area (Å²) in [6, 6.07) is 12.6. The number of pyridine rings is 1. The van der Waals surface area contributed by atoms with Crippen molar-refractivity contribution in [1.82, 2.24) is 15.0 Å². The van der Waals surface area contributed by atoms with E-state index in [1.807, 2.05) is 30.3 Å². The van der Waals surface area contributed by atoms with Crippen LogP contribution in [0.1, 0.15) is 35.2 Å². The smallest absolute Gasteiger partial charge is 0.382 e. The summed E-state index contributed by atoms with van der Waals surface area (Å²) in [6.45, 7) is 0. The van der Waals surface area contributed by atoms with Crippen molar-refractivity contribution in [3.05, 3.63) is 71.8 Å². The van der Waals surface area contributed by atoms with Crippen molar-refractivity contribution in [2.45, 2.75) is 30.9 Å². The first-order chi connectivity index (χ1) is 12.9.